The Bertz CT molecular complexity index is 721. The number of pyridine rings is 1. The lowest BCUT2D eigenvalue weighted by atomic mass is 10.1. The fraction of sp³-hybridized carbons (Fsp3) is 0.556. The van der Waals surface area contributed by atoms with Gasteiger partial charge in [-0.05, 0) is 44.1 Å². The van der Waals surface area contributed by atoms with Crippen molar-refractivity contribution in [1.29, 1.82) is 0 Å². The van der Waals surface area contributed by atoms with E-state index in [0.717, 1.165) is 36.8 Å². The van der Waals surface area contributed by atoms with E-state index in [9.17, 15) is 0 Å². The molecular formula is C18H28IN5S. The molecule has 1 saturated heterocycles. The number of aromatic nitrogens is 2. The van der Waals surface area contributed by atoms with Crippen molar-refractivity contribution in [2.45, 2.75) is 37.9 Å². The van der Waals surface area contributed by atoms with Crippen LogP contribution in [0, 0.1) is 6.92 Å². The van der Waals surface area contributed by atoms with Crippen LogP contribution < -0.4 is 10.6 Å². The van der Waals surface area contributed by atoms with Crippen molar-refractivity contribution in [1.82, 2.24) is 20.0 Å². The molecule has 1 unspecified atom stereocenters. The molecule has 0 saturated carbocycles. The maximum absolute atomic E-state index is 4.71. The highest BCUT2D eigenvalue weighted by Gasteiger charge is 2.29. The summed E-state index contributed by atoms with van der Waals surface area (Å²) in [5, 5.41) is 6.86. The van der Waals surface area contributed by atoms with Gasteiger partial charge in [-0.1, -0.05) is 6.07 Å². The quantitative estimate of drug-likeness (QED) is 0.398. The molecule has 0 bridgehead atoms. The summed E-state index contributed by atoms with van der Waals surface area (Å²) >= 11 is 2.06. The molecule has 0 radical (unpaired) electrons. The van der Waals surface area contributed by atoms with Gasteiger partial charge in [-0.2, -0.15) is 11.8 Å². The van der Waals surface area contributed by atoms with E-state index < -0.39 is 0 Å². The first kappa shape index (κ1) is 20.4. The molecule has 1 atom stereocenters. The van der Waals surface area contributed by atoms with Crippen molar-refractivity contribution in [3.05, 3.63) is 35.8 Å². The second kappa shape index (κ2) is 9.12. The van der Waals surface area contributed by atoms with Crippen molar-refractivity contribution in [3.63, 3.8) is 0 Å². The smallest absolute Gasteiger partial charge is 0.191 e. The molecule has 3 heterocycles. The first-order chi connectivity index (χ1) is 11.6. The Morgan fingerprint density at radius 3 is 2.96 bits per heavy atom. The molecule has 2 aromatic heterocycles. The minimum atomic E-state index is 0. The van der Waals surface area contributed by atoms with Gasteiger partial charge in [0.05, 0.1) is 5.69 Å². The van der Waals surface area contributed by atoms with Crippen LogP contribution in [0.2, 0.25) is 0 Å². The van der Waals surface area contributed by atoms with E-state index in [1.54, 1.807) is 0 Å². The van der Waals surface area contributed by atoms with Crippen LogP contribution in [0.15, 0.2) is 29.5 Å². The zero-order valence-corrected chi connectivity index (χ0v) is 18.4. The van der Waals surface area contributed by atoms with Crippen LogP contribution in [0.4, 0.5) is 0 Å². The largest absolute Gasteiger partial charge is 0.356 e. The fourth-order valence-electron chi connectivity index (χ4n) is 3.10. The molecule has 0 aromatic carbocycles. The Hall–Kier alpha value is -0.960. The molecule has 1 aliphatic rings. The van der Waals surface area contributed by atoms with Gasteiger partial charge in [-0.3, -0.25) is 4.99 Å². The SMILES string of the molecule is CN=C(NCCc1cn2cccc(C)c2n1)NCC1(C)CCCS1.I. The normalized spacial score (nSPS) is 20.5. The minimum Gasteiger partial charge on any atom is -0.356 e. The third-order valence-electron chi connectivity index (χ3n) is 4.56. The van der Waals surface area contributed by atoms with E-state index in [-0.39, 0.29) is 24.0 Å². The summed E-state index contributed by atoms with van der Waals surface area (Å²) in [6, 6.07) is 4.15. The third kappa shape index (κ3) is 5.26. The van der Waals surface area contributed by atoms with Gasteiger partial charge in [-0.15, -0.1) is 24.0 Å². The van der Waals surface area contributed by atoms with Crippen molar-refractivity contribution in [2.75, 3.05) is 25.9 Å². The van der Waals surface area contributed by atoms with E-state index in [2.05, 4.69) is 64.0 Å². The molecule has 5 nitrogen and oxygen atoms in total. The Morgan fingerprint density at radius 1 is 1.44 bits per heavy atom. The highest BCUT2D eigenvalue weighted by Crippen LogP contribution is 2.36. The Labute approximate surface area is 171 Å². The Kier molecular flexibility index (Phi) is 7.42. The number of fused-ring (bicyclic) bond motifs is 1. The standard InChI is InChI=1S/C18H27N5S.HI/c1-14-6-4-10-23-12-15(22-16(14)23)7-9-20-17(19-3)21-13-18(2)8-5-11-24-18;/h4,6,10,12H,5,7-9,11,13H2,1-3H3,(H2,19,20,21);1H. The number of guanidine groups is 1. The van der Waals surface area contributed by atoms with Gasteiger partial charge >= 0.3 is 0 Å². The van der Waals surface area contributed by atoms with E-state index in [0.29, 0.717) is 4.75 Å². The molecule has 1 fully saturated rings. The maximum atomic E-state index is 4.71. The highest BCUT2D eigenvalue weighted by atomic mass is 127. The lowest BCUT2D eigenvalue weighted by molar-refractivity contribution is 0.584. The molecular weight excluding hydrogens is 445 g/mol. The van der Waals surface area contributed by atoms with Gasteiger partial charge in [-0.25, -0.2) is 4.98 Å². The van der Waals surface area contributed by atoms with Gasteiger partial charge < -0.3 is 15.0 Å². The third-order valence-corrected chi connectivity index (χ3v) is 6.09. The van der Waals surface area contributed by atoms with Gasteiger partial charge in [0.1, 0.15) is 5.65 Å². The molecule has 138 valence electrons. The number of hydrogen-bond acceptors (Lipinski definition) is 3. The predicted molar refractivity (Wildman–Crippen MR) is 119 cm³/mol. The minimum absolute atomic E-state index is 0. The van der Waals surface area contributed by atoms with Gasteiger partial charge in [0.2, 0.25) is 0 Å². The monoisotopic (exact) mass is 473 g/mol. The van der Waals surface area contributed by atoms with E-state index in [1.165, 1.54) is 24.2 Å². The predicted octanol–water partition coefficient (Wildman–Crippen LogP) is 3.25. The van der Waals surface area contributed by atoms with Crippen LogP contribution in [0.1, 0.15) is 31.0 Å². The Balaban J connectivity index is 0.00000225. The van der Waals surface area contributed by atoms with Gasteiger partial charge in [0.25, 0.3) is 0 Å². The Morgan fingerprint density at radius 2 is 2.28 bits per heavy atom. The van der Waals surface area contributed by atoms with Crippen LogP contribution >= 0.6 is 35.7 Å². The molecule has 2 aromatic rings. The maximum Gasteiger partial charge on any atom is 0.191 e. The summed E-state index contributed by atoms with van der Waals surface area (Å²) in [7, 11) is 1.83. The molecule has 3 rings (SSSR count). The van der Waals surface area contributed by atoms with Crippen LogP contribution in [0.25, 0.3) is 5.65 Å². The van der Waals surface area contributed by atoms with Crippen molar-refractivity contribution in [3.8, 4) is 0 Å². The number of thioether (sulfide) groups is 1. The fourth-order valence-corrected chi connectivity index (χ4v) is 4.35. The average molecular weight is 473 g/mol. The summed E-state index contributed by atoms with van der Waals surface area (Å²) in [6.45, 7) is 6.22. The number of aliphatic imine (C=N–C) groups is 1. The van der Waals surface area contributed by atoms with Crippen molar-refractivity contribution < 1.29 is 0 Å². The lowest BCUT2D eigenvalue weighted by Gasteiger charge is -2.24. The second-order valence-electron chi connectivity index (χ2n) is 6.66. The zero-order chi connectivity index (χ0) is 17.0. The van der Waals surface area contributed by atoms with Crippen LogP contribution in [-0.2, 0) is 6.42 Å². The molecule has 25 heavy (non-hydrogen) atoms. The number of nitrogens with zero attached hydrogens (tertiary/aromatic N) is 3. The van der Waals surface area contributed by atoms with Crippen LogP contribution in [0.5, 0.6) is 0 Å². The van der Waals surface area contributed by atoms with Crippen molar-refractivity contribution in [2.24, 2.45) is 4.99 Å². The number of nitrogens with one attached hydrogen (secondary N) is 2. The molecule has 0 spiro atoms. The van der Waals surface area contributed by atoms with E-state index in [4.69, 9.17) is 4.98 Å². The number of aryl methyl sites for hydroxylation is 1. The van der Waals surface area contributed by atoms with E-state index >= 15 is 0 Å². The number of hydrogen-bond donors (Lipinski definition) is 2. The van der Waals surface area contributed by atoms with Gasteiger partial charge in [0, 0.05) is 43.7 Å². The lowest BCUT2D eigenvalue weighted by Crippen LogP contribution is -2.44. The number of halogens is 1. The highest BCUT2D eigenvalue weighted by molar-refractivity contribution is 14.0. The summed E-state index contributed by atoms with van der Waals surface area (Å²) in [6.07, 6.45) is 7.64. The molecule has 2 N–H and O–H groups in total. The molecule has 0 amide bonds. The summed E-state index contributed by atoms with van der Waals surface area (Å²) in [5.74, 6) is 2.15. The van der Waals surface area contributed by atoms with E-state index in [1.807, 2.05) is 13.2 Å². The topological polar surface area (TPSA) is 53.7 Å². The van der Waals surface area contributed by atoms with Crippen LogP contribution in [0.3, 0.4) is 0 Å². The summed E-state index contributed by atoms with van der Waals surface area (Å²) in [5.41, 5.74) is 3.35. The van der Waals surface area contributed by atoms with Crippen LogP contribution in [-0.4, -0.2) is 46.0 Å². The zero-order valence-electron chi connectivity index (χ0n) is 15.2. The second-order valence-corrected chi connectivity index (χ2v) is 8.34. The summed E-state index contributed by atoms with van der Waals surface area (Å²) in [4.78, 5) is 9.04. The number of imidazole rings is 1. The first-order valence-electron chi connectivity index (χ1n) is 8.61. The average Bonchev–Trinajstić information content (AvgIpc) is 3.18. The molecule has 7 heteroatoms. The summed E-state index contributed by atoms with van der Waals surface area (Å²) < 4.78 is 2.44. The molecule has 0 aliphatic carbocycles. The van der Waals surface area contributed by atoms with Crippen molar-refractivity contribution >= 4 is 47.3 Å². The first-order valence-corrected chi connectivity index (χ1v) is 9.60. The molecule has 1 aliphatic heterocycles. The van der Waals surface area contributed by atoms with Gasteiger partial charge in [0.15, 0.2) is 5.96 Å². The number of rotatable bonds is 5.